The Hall–Kier alpha value is -2.28. The Labute approximate surface area is 149 Å². The van der Waals surface area contributed by atoms with Crippen LogP contribution in [0.4, 0.5) is 10.5 Å². The Bertz CT molecular complexity index is 605. The lowest BCUT2D eigenvalue weighted by atomic mass is 10.1. The molecule has 0 radical (unpaired) electrons. The number of quaternary nitrogens is 1. The third kappa shape index (κ3) is 5.94. The molecule has 1 aromatic carbocycles. The van der Waals surface area contributed by atoms with Crippen molar-refractivity contribution in [3.63, 3.8) is 0 Å². The second-order valence-corrected chi connectivity index (χ2v) is 7.34. The van der Waals surface area contributed by atoms with Crippen LogP contribution in [0.25, 0.3) is 0 Å². The highest BCUT2D eigenvalue weighted by molar-refractivity contribution is 5.94. The summed E-state index contributed by atoms with van der Waals surface area (Å²) in [5, 5.41) is 5.13. The van der Waals surface area contributed by atoms with Crippen LogP contribution in [0.2, 0.25) is 0 Å². The highest BCUT2D eigenvalue weighted by Crippen LogP contribution is 2.27. The monoisotopic (exact) mass is 349 g/mol. The molecule has 1 aliphatic heterocycles. The molecule has 0 saturated carbocycles. The molecular formula is C18H29N4O3+. The first-order chi connectivity index (χ1) is 11.8. The summed E-state index contributed by atoms with van der Waals surface area (Å²) in [5.74, 6) is 0.616. The zero-order chi connectivity index (χ0) is 18.4. The molecule has 1 saturated heterocycles. The van der Waals surface area contributed by atoms with E-state index in [1.807, 2.05) is 45.0 Å². The summed E-state index contributed by atoms with van der Waals surface area (Å²) < 4.78 is 5.42. The van der Waals surface area contributed by atoms with Gasteiger partial charge in [0.25, 0.3) is 5.91 Å². The Morgan fingerprint density at radius 3 is 2.44 bits per heavy atom. The molecule has 7 nitrogen and oxygen atoms in total. The zero-order valence-electron chi connectivity index (χ0n) is 15.5. The van der Waals surface area contributed by atoms with Crippen molar-refractivity contribution in [2.24, 2.45) is 0 Å². The highest BCUT2D eigenvalue weighted by Gasteiger charge is 2.25. The van der Waals surface area contributed by atoms with Gasteiger partial charge < -0.3 is 19.9 Å². The van der Waals surface area contributed by atoms with Crippen molar-refractivity contribution in [2.45, 2.75) is 26.3 Å². The first-order valence-corrected chi connectivity index (χ1v) is 8.62. The lowest BCUT2D eigenvalue weighted by molar-refractivity contribution is -0.892. The first kappa shape index (κ1) is 19.1. The normalized spacial score (nSPS) is 15.6. The second-order valence-electron chi connectivity index (χ2n) is 7.34. The van der Waals surface area contributed by atoms with E-state index in [1.54, 1.807) is 7.11 Å². The number of para-hydroxylation sites is 2. The van der Waals surface area contributed by atoms with E-state index in [1.165, 1.54) is 4.90 Å². The first-order valence-electron chi connectivity index (χ1n) is 8.62. The zero-order valence-corrected chi connectivity index (χ0v) is 15.5. The van der Waals surface area contributed by atoms with Gasteiger partial charge in [-0.15, -0.1) is 0 Å². The maximum Gasteiger partial charge on any atom is 0.322 e. The Morgan fingerprint density at radius 1 is 1.20 bits per heavy atom. The fourth-order valence-corrected chi connectivity index (χ4v) is 2.90. The quantitative estimate of drug-likeness (QED) is 0.717. The van der Waals surface area contributed by atoms with Crippen molar-refractivity contribution in [2.75, 3.05) is 44.7 Å². The molecule has 1 aliphatic rings. The van der Waals surface area contributed by atoms with Crippen molar-refractivity contribution in [1.29, 1.82) is 0 Å². The van der Waals surface area contributed by atoms with Crippen molar-refractivity contribution < 1.29 is 19.2 Å². The second kappa shape index (κ2) is 8.20. The van der Waals surface area contributed by atoms with E-state index in [0.717, 1.165) is 37.6 Å². The number of hydrogen-bond donors (Lipinski definition) is 3. The molecule has 0 atom stereocenters. The standard InChI is InChI=1S/C18H28N4O3/c1-18(2,3)20-17(24)19-16(23)13-21-9-11-22(12-10-21)14-7-5-6-8-15(14)25-4/h5-8H,9-13H2,1-4H3,(H2,19,20,23,24)/p+1. The molecular weight excluding hydrogens is 320 g/mol. The molecule has 0 aliphatic carbocycles. The number of amides is 3. The maximum absolute atomic E-state index is 12.0. The van der Waals surface area contributed by atoms with Crippen molar-refractivity contribution >= 4 is 17.6 Å². The average molecular weight is 349 g/mol. The molecule has 1 heterocycles. The molecule has 7 heteroatoms. The largest absolute Gasteiger partial charge is 0.495 e. The number of ether oxygens (including phenoxy) is 1. The fourth-order valence-electron chi connectivity index (χ4n) is 2.90. The van der Waals surface area contributed by atoms with Gasteiger partial charge in [-0.1, -0.05) is 12.1 Å². The van der Waals surface area contributed by atoms with E-state index < -0.39 is 6.03 Å². The number of methoxy groups -OCH3 is 1. The van der Waals surface area contributed by atoms with Gasteiger partial charge in [-0.3, -0.25) is 10.1 Å². The van der Waals surface area contributed by atoms with Gasteiger partial charge in [-0.2, -0.15) is 0 Å². The van der Waals surface area contributed by atoms with E-state index in [0.29, 0.717) is 6.54 Å². The van der Waals surface area contributed by atoms with E-state index in [2.05, 4.69) is 15.5 Å². The molecule has 1 aromatic rings. The third-order valence-electron chi connectivity index (χ3n) is 4.05. The van der Waals surface area contributed by atoms with E-state index in [-0.39, 0.29) is 11.4 Å². The van der Waals surface area contributed by atoms with Gasteiger partial charge in [0.2, 0.25) is 0 Å². The topological polar surface area (TPSA) is 75.1 Å². The van der Waals surface area contributed by atoms with E-state index in [4.69, 9.17) is 4.74 Å². The lowest BCUT2D eigenvalue weighted by Crippen LogP contribution is -3.16. The highest BCUT2D eigenvalue weighted by atomic mass is 16.5. The molecule has 2 rings (SSSR count). The van der Waals surface area contributed by atoms with Crippen LogP contribution < -0.4 is 25.2 Å². The number of carbonyl (C=O) groups is 2. The fraction of sp³-hybridized carbons (Fsp3) is 0.556. The van der Waals surface area contributed by atoms with Gasteiger partial charge >= 0.3 is 6.03 Å². The Balaban J connectivity index is 1.80. The number of imide groups is 1. The lowest BCUT2D eigenvalue weighted by Gasteiger charge is -2.34. The predicted molar refractivity (Wildman–Crippen MR) is 97.2 cm³/mol. The SMILES string of the molecule is COc1ccccc1N1CC[NH+](CC(=O)NC(=O)NC(C)(C)C)CC1. The number of rotatable bonds is 4. The number of carbonyl (C=O) groups excluding carboxylic acids is 2. The van der Waals surface area contributed by atoms with E-state index in [9.17, 15) is 9.59 Å². The minimum atomic E-state index is -0.440. The van der Waals surface area contributed by atoms with Gasteiger partial charge in [-0.25, -0.2) is 4.79 Å². The number of nitrogens with one attached hydrogen (secondary N) is 3. The Morgan fingerprint density at radius 2 is 1.84 bits per heavy atom. The summed E-state index contributed by atoms with van der Waals surface area (Å²) in [6.07, 6.45) is 0. The smallest absolute Gasteiger partial charge is 0.322 e. The summed E-state index contributed by atoms with van der Waals surface area (Å²) in [6.45, 7) is 9.29. The third-order valence-corrected chi connectivity index (χ3v) is 4.05. The summed E-state index contributed by atoms with van der Waals surface area (Å²) in [5.41, 5.74) is 0.718. The number of piperazine rings is 1. The molecule has 3 N–H and O–H groups in total. The number of anilines is 1. The molecule has 25 heavy (non-hydrogen) atoms. The van der Waals surface area contributed by atoms with Crippen molar-refractivity contribution in [3.05, 3.63) is 24.3 Å². The van der Waals surface area contributed by atoms with Crippen molar-refractivity contribution in [3.8, 4) is 5.75 Å². The molecule has 3 amide bonds. The molecule has 1 fully saturated rings. The number of benzene rings is 1. The molecule has 0 bridgehead atoms. The maximum atomic E-state index is 12.0. The predicted octanol–water partition coefficient (Wildman–Crippen LogP) is 0.0244. The van der Waals surface area contributed by atoms with Gasteiger partial charge in [0.05, 0.1) is 39.0 Å². The van der Waals surface area contributed by atoms with Crippen LogP contribution in [-0.4, -0.2) is 57.3 Å². The van der Waals surface area contributed by atoms with E-state index >= 15 is 0 Å². The summed E-state index contributed by atoms with van der Waals surface area (Å²) >= 11 is 0. The van der Waals surface area contributed by atoms with Gasteiger partial charge in [0.1, 0.15) is 5.75 Å². The van der Waals surface area contributed by atoms with Gasteiger partial charge in [-0.05, 0) is 32.9 Å². The molecule has 0 unspecified atom stereocenters. The summed E-state index contributed by atoms with van der Waals surface area (Å²) in [6, 6.07) is 7.52. The molecule has 0 aromatic heterocycles. The van der Waals surface area contributed by atoms with Crippen molar-refractivity contribution in [1.82, 2.24) is 10.6 Å². The number of urea groups is 1. The van der Waals surface area contributed by atoms with Crippen LogP contribution in [0.1, 0.15) is 20.8 Å². The van der Waals surface area contributed by atoms with Gasteiger partial charge in [0.15, 0.2) is 6.54 Å². The van der Waals surface area contributed by atoms with Crippen LogP contribution in [-0.2, 0) is 4.79 Å². The van der Waals surface area contributed by atoms with Crippen LogP contribution in [0.15, 0.2) is 24.3 Å². The molecule has 138 valence electrons. The van der Waals surface area contributed by atoms with Gasteiger partial charge in [0, 0.05) is 5.54 Å². The average Bonchev–Trinajstić information content (AvgIpc) is 2.53. The summed E-state index contributed by atoms with van der Waals surface area (Å²) in [7, 11) is 1.67. The Kier molecular flexibility index (Phi) is 6.25. The minimum absolute atomic E-state index is 0.248. The summed E-state index contributed by atoms with van der Waals surface area (Å²) in [4.78, 5) is 27.2. The van der Waals surface area contributed by atoms with Crippen LogP contribution in [0.3, 0.4) is 0 Å². The minimum Gasteiger partial charge on any atom is -0.495 e. The van der Waals surface area contributed by atoms with Crippen LogP contribution in [0, 0.1) is 0 Å². The number of hydrogen-bond acceptors (Lipinski definition) is 4. The van der Waals surface area contributed by atoms with Crippen LogP contribution in [0.5, 0.6) is 5.75 Å². The number of nitrogens with zero attached hydrogens (tertiary/aromatic N) is 1. The molecule has 0 spiro atoms. The van der Waals surface area contributed by atoms with Crippen LogP contribution >= 0.6 is 0 Å².